The molecule has 1 aromatic carbocycles. The molecule has 158 valence electrons. The van der Waals surface area contributed by atoms with E-state index in [0.717, 1.165) is 51.2 Å². The summed E-state index contributed by atoms with van der Waals surface area (Å²) in [5, 5.41) is -0.218. The highest BCUT2D eigenvalue weighted by atomic mass is 19.4. The van der Waals surface area contributed by atoms with Crippen molar-refractivity contribution in [3.8, 4) is 0 Å². The van der Waals surface area contributed by atoms with Gasteiger partial charge in [0.05, 0.1) is 10.9 Å². The van der Waals surface area contributed by atoms with Gasteiger partial charge in [-0.1, -0.05) is 30.3 Å². The molecule has 0 aliphatic carbocycles. The fourth-order valence-corrected chi connectivity index (χ4v) is 4.19. The molecule has 0 saturated carbocycles. The van der Waals surface area contributed by atoms with Crippen LogP contribution in [0.15, 0.2) is 42.7 Å². The third-order valence-electron chi connectivity index (χ3n) is 5.66. The monoisotopic (exact) mass is 415 g/mol. The zero-order chi connectivity index (χ0) is 21.1. The molecule has 5 nitrogen and oxygen atoms in total. The molecule has 1 atom stereocenters. The smallest absolute Gasteiger partial charge is 0.383 e. The third-order valence-corrected chi connectivity index (χ3v) is 5.66. The highest BCUT2D eigenvalue weighted by Gasteiger charge is 2.36. The molecular weight excluding hydrogens is 391 g/mol. The number of halogens is 3. The molecule has 3 heterocycles. The average molecular weight is 415 g/mol. The van der Waals surface area contributed by atoms with Crippen LogP contribution in [0.5, 0.6) is 0 Å². The van der Waals surface area contributed by atoms with Crippen molar-refractivity contribution in [2.45, 2.75) is 37.8 Å². The summed E-state index contributed by atoms with van der Waals surface area (Å²) in [6, 6.07) is 11.4. The Morgan fingerprint density at radius 1 is 1.13 bits per heavy atom. The minimum Gasteiger partial charge on any atom is -0.383 e. The molecule has 1 fully saturated rings. The molecule has 4 rings (SSSR count). The molecule has 1 aliphatic rings. The van der Waals surface area contributed by atoms with Gasteiger partial charge in [0.1, 0.15) is 12.1 Å². The maximum absolute atomic E-state index is 13.7. The SMILES string of the molecule is Nc1ncnc2nc([C@H]3CCCN(CCCc4ccccc4)C3)cc(C(F)(F)F)c12. The molecule has 0 bridgehead atoms. The molecule has 2 aromatic heterocycles. The molecular formula is C22H24F3N5. The summed E-state index contributed by atoms with van der Waals surface area (Å²) in [6.45, 7) is 2.57. The van der Waals surface area contributed by atoms with Crippen LogP contribution in [0, 0.1) is 0 Å². The van der Waals surface area contributed by atoms with E-state index < -0.39 is 11.7 Å². The zero-order valence-electron chi connectivity index (χ0n) is 16.6. The lowest BCUT2D eigenvalue weighted by Gasteiger charge is -2.32. The van der Waals surface area contributed by atoms with E-state index in [0.29, 0.717) is 12.2 Å². The van der Waals surface area contributed by atoms with E-state index >= 15 is 0 Å². The maximum atomic E-state index is 13.7. The number of anilines is 1. The number of nitrogens with zero attached hydrogens (tertiary/aromatic N) is 4. The Balaban J connectivity index is 1.52. The number of piperidine rings is 1. The van der Waals surface area contributed by atoms with Gasteiger partial charge >= 0.3 is 6.18 Å². The van der Waals surface area contributed by atoms with E-state index in [2.05, 4.69) is 32.0 Å². The van der Waals surface area contributed by atoms with Gasteiger partial charge in [-0.25, -0.2) is 15.0 Å². The Morgan fingerprint density at radius 3 is 2.70 bits per heavy atom. The molecule has 1 aliphatic heterocycles. The van der Waals surface area contributed by atoms with Crippen LogP contribution in [0.3, 0.4) is 0 Å². The Kier molecular flexibility index (Phi) is 5.85. The molecule has 30 heavy (non-hydrogen) atoms. The van der Waals surface area contributed by atoms with Crippen molar-refractivity contribution in [1.29, 1.82) is 0 Å². The molecule has 3 aromatic rings. The van der Waals surface area contributed by atoms with Crippen molar-refractivity contribution in [3.63, 3.8) is 0 Å². The standard InChI is InChI=1S/C22H24F3N5/c23-22(24,25)17-12-18(29-21-19(17)20(26)27-14-28-21)16-9-5-11-30(13-16)10-4-8-15-6-2-1-3-7-15/h1-3,6-7,12,14,16H,4-5,8-11,13H2,(H2,26,27,28,29)/t16-/m0/s1. The average Bonchev–Trinajstić information content (AvgIpc) is 2.73. The summed E-state index contributed by atoms with van der Waals surface area (Å²) in [6.07, 6.45) is 0.364. The summed E-state index contributed by atoms with van der Waals surface area (Å²) in [5.74, 6) is -0.255. The first-order valence-corrected chi connectivity index (χ1v) is 10.2. The van der Waals surface area contributed by atoms with Crippen LogP contribution >= 0.6 is 0 Å². The topological polar surface area (TPSA) is 67.9 Å². The minimum atomic E-state index is -4.54. The number of benzene rings is 1. The summed E-state index contributed by atoms with van der Waals surface area (Å²) in [5.41, 5.74) is 6.64. The van der Waals surface area contributed by atoms with Crippen LogP contribution in [0.2, 0.25) is 0 Å². The van der Waals surface area contributed by atoms with Crippen LogP contribution in [0.1, 0.15) is 42.0 Å². The lowest BCUT2D eigenvalue weighted by molar-refractivity contribution is -0.136. The summed E-state index contributed by atoms with van der Waals surface area (Å²) in [7, 11) is 0. The fourth-order valence-electron chi connectivity index (χ4n) is 4.19. The number of aromatic nitrogens is 3. The van der Waals surface area contributed by atoms with E-state index in [-0.39, 0.29) is 22.8 Å². The Labute approximate surface area is 173 Å². The molecule has 0 amide bonds. The maximum Gasteiger partial charge on any atom is 0.417 e. The predicted molar refractivity (Wildman–Crippen MR) is 110 cm³/mol. The van der Waals surface area contributed by atoms with Crippen molar-refractivity contribution in [2.75, 3.05) is 25.4 Å². The second-order valence-electron chi connectivity index (χ2n) is 7.78. The fraction of sp³-hybridized carbons (Fsp3) is 0.409. The number of pyridine rings is 1. The van der Waals surface area contributed by atoms with Gasteiger partial charge in [-0.15, -0.1) is 0 Å². The quantitative estimate of drug-likeness (QED) is 0.667. The second kappa shape index (κ2) is 8.55. The van der Waals surface area contributed by atoms with Gasteiger partial charge in [-0.05, 0) is 50.4 Å². The molecule has 0 spiro atoms. The first-order valence-electron chi connectivity index (χ1n) is 10.2. The number of alkyl halides is 3. The molecule has 0 radical (unpaired) electrons. The van der Waals surface area contributed by atoms with Crippen LogP contribution in [0.25, 0.3) is 11.0 Å². The Bertz CT molecular complexity index is 1010. The van der Waals surface area contributed by atoms with Crippen LogP contribution < -0.4 is 5.73 Å². The van der Waals surface area contributed by atoms with Gasteiger partial charge in [-0.3, -0.25) is 0 Å². The predicted octanol–water partition coefficient (Wildman–Crippen LogP) is 4.44. The van der Waals surface area contributed by atoms with Crippen molar-refractivity contribution >= 4 is 16.9 Å². The number of nitrogens with two attached hydrogens (primary N) is 1. The minimum absolute atomic E-state index is 0.00789. The Morgan fingerprint density at radius 2 is 1.93 bits per heavy atom. The molecule has 8 heteroatoms. The largest absolute Gasteiger partial charge is 0.417 e. The lowest BCUT2D eigenvalue weighted by Crippen LogP contribution is -2.35. The molecule has 0 unspecified atom stereocenters. The number of hydrogen-bond acceptors (Lipinski definition) is 5. The Hall–Kier alpha value is -2.74. The van der Waals surface area contributed by atoms with E-state index in [1.165, 1.54) is 5.56 Å². The van der Waals surface area contributed by atoms with Crippen molar-refractivity contribution in [1.82, 2.24) is 19.9 Å². The van der Waals surface area contributed by atoms with Gasteiger partial charge in [0, 0.05) is 18.2 Å². The number of rotatable bonds is 5. The van der Waals surface area contributed by atoms with Gasteiger partial charge < -0.3 is 10.6 Å². The van der Waals surface area contributed by atoms with Crippen molar-refractivity contribution < 1.29 is 13.2 Å². The number of hydrogen-bond donors (Lipinski definition) is 1. The first-order chi connectivity index (χ1) is 14.4. The van der Waals surface area contributed by atoms with E-state index in [1.807, 2.05) is 18.2 Å². The third kappa shape index (κ3) is 4.53. The normalized spacial score (nSPS) is 18.0. The summed E-state index contributed by atoms with van der Waals surface area (Å²) in [4.78, 5) is 14.4. The van der Waals surface area contributed by atoms with Crippen LogP contribution in [-0.4, -0.2) is 39.5 Å². The number of fused-ring (bicyclic) bond motifs is 1. The number of likely N-dealkylation sites (tertiary alicyclic amines) is 1. The summed E-state index contributed by atoms with van der Waals surface area (Å²) >= 11 is 0. The van der Waals surface area contributed by atoms with Crippen LogP contribution in [0.4, 0.5) is 19.0 Å². The van der Waals surface area contributed by atoms with Gasteiger partial charge in [0.2, 0.25) is 0 Å². The molecule has 2 N–H and O–H groups in total. The second-order valence-corrected chi connectivity index (χ2v) is 7.78. The van der Waals surface area contributed by atoms with E-state index in [9.17, 15) is 13.2 Å². The van der Waals surface area contributed by atoms with E-state index in [4.69, 9.17) is 5.73 Å². The zero-order valence-corrected chi connectivity index (χ0v) is 16.6. The number of aryl methyl sites for hydroxylation is 1. The highest BCUT2D eigenvalue weighted by molar-refractivity contribution is 5.89. The van der Waals surface area contributed by atoms with Gasteiger partial charge in [0.25, 0.3) is 0 Å². The van der Waals surface area contributed by atoms with Crippen molar-refractivity contribution in [2.24, 2.45) is 0 Å². The lowest BCUT2D eigenvalue weighted by atomic mass is 9.92. The molecule has 1 saturated heterocycles. The van der Waals surface area contributed by atoms with Crippen molar-refractivity contribution in [3.05, 3.63) is 59.5 Å². The first kappa shape index (κ1) is 20.5. The van der Waals surface area contributed by atoms with Crippen LogP contribution in [-0.2, 0) is 12.6 Å². The van der Waals surface area contributed by atoms with Gasteiger partial charge in [-0.2, -0.15) is 13.2 Å². The van der Waals surface area contributed by atoms with Gasteiger partial charge in [0.15, 0.2) is 5.65 Å². The summed E-state index contributed by atoms with van der Waals surface area (Å²) < 4.78 is 41.1. The highest BCUT2D eigenvalue weighted by Crippen LogP contribution is 2.38. The number of nitrogen functional groups attached to an aromatic ring is 1. The van der Waals surface area contributed by atoms with E-state index in [1.54, 1.807) is 0 Å².